The van der Waals surface area contributed by atoms with Crippen molar-refractivity contribution in [2.24, 2.45) is 0 Å². The molecular formula is C48H94N2+2. The van der Waals surface area contributed by atoms with Gasteiger partial charge in [0.15, 0.2) is 0 Å². The van der Waals surface area contributed by atoms with Crippen molar-refractivity contribution in [2.75, 3.05) is 52.4 Å². The average Bonchev–Trinajstić information content (AvgIpc) is 3.80. The summed E-state index contributed by atoms with van der Waals surface area (Å²) < 4.78 is 2.65. The number of likely N-dealkylation sites (tertiary alicyclic amines) is 2. The molecule has 0 saturated carbocycles. The fourth-order valence-corrected chi connectivity index (χ4v) is 9.37. The van der Waals surface area contributed by atoms with Gasteiger partial charge in [-0.05, 0) is 37.5 Å². The topological polar surface area (TPSA) is 0 Å². The number of hydrogen-bond donors (Lipinski definition) is 0. The van der Waals surface area contributed by atoms with Gasteiger partial charge < -0.3 is 8.97 Å². The van der Waals surface area contributed by atoms with Crippen molar-refractivity contribution in [3.63, 3.8) is 0 Å². The maximum absolute atomic E-state index is 3.79. The predicted molar refractivity (Wildman–Crippen MR) is 225 cm³/mol. The van der Waals surface area contributed by atoms with Gasteiger partial charge in [-0.25, -0.2) is 0 Å². The lowest BCUT2D eigenvalue weighted by Gasteiger charge is -2.33. The molecule has 294 valence electrons. The first kappa shape index (κ1) is 45.6. The molecule has 2 nitrogen and oxygen atoms in total. The van der Waals surface area contributed by atoms with E-state index in [2.05, 4.69) is 25.7 Å². The van der Waals surface area contributed by atoms with Crippen LogP contribution in [0.5, 0.6) is 0 Å². The van der Waals surface area contributed by atoms with Crippen molar-refractivity contribution in [1.82, 2.24) is 0 Å². The highest BCUT2D eigenvalue weighted by Crippen LogP contribution is 2.23. The fourth-order valence-electron chi connectivity index (χ4n) is 9.37. The van der Waals surface area contributed by atoms with E-state index in [4.69, 9.17) is 0 Å². The SMILES string of the molecule is CCCCCCCCCCCCCCCCCC[N+]1(CC#CC[N+]2(CCCCCCCCCCCCCCCCCC)CCCC2)CCCC1. The number of hydrogen-bond acceptors (Lipinski definition) is 0. The summed E-state index contributed by atoms with van der Waals surface area (Å²) >= 11 is 0. The molecular weight excluding hydrogens is 605 g/mol. The Labute approximate surface area is 317 Å². The van der Waals surface area contributed by atoms with Crippen LogP contribution < -0.4 is 0 Å². The van der Waals surface area contributed by atoms with Gasteiger partial charge in [-0.2, -0.15) is 0 Å². The number of nitrogens with zero attached hydrogens (tertiary/aromatic N) is 2. The molecule has 2 heterocycles. The molecule has 2 aliphatic rings. The smallest absolute Gasteiger partial charge is 0.141 e. The van der Waals surface area contributed by atoms with Gasteiger partial charge in [0, 0.05) is 25.7 Å². The summed E-state index contributed by atoms with van der Waals surface area (Å²) in [6.07, 6.45) is 52.5. The summed E-state index contributed by atoms with van der Waals surface area (Å²) in [4.78, 5) is 0. The van der Waals surface area contributed by atoms with E-state index in [1.54, 1.807) is 0 Å². The fraction of sp³-hybridized carbons (Fsp3) is 0.958. The minimum Gasteiger partial charge on any atom is -0.313 e. The van der Waals surface area contributed by atoms with Crippen molar-refractivity contribution in [2.45, 2.75) is 245 Å². The van der Waals surface area contributed by atoms with Crippen LogP contribution in [0.2, 0.25) is 0 Å². The summed E-state index contributed by atoms with van der Waals surface area (Å²) in [5, 5.41) is 0. The Morgan fingerprint density at radius 1 is 0.280 bits per heavy atom. The Kier molecular flexibility index (Phi) is 30.2. The lowest BCUT2D eigenvalue weighted by Crippen LogP contribution is -2.47. The number of unbranched alkanes of at least 4 members (excludes halogenated alkanes) is 30. The van der Waals surface area contributed by atoms with Crippen LogP contribution in [0, 0.1) is 11.8 Å². The molecule has 0 amide bonds. The standard InChI is InChI=1S/C48H94N2/c1-3-5-7-9-11-13-15-17-19-21-23-25-27-29-31-33-41-49(43-35-36-44-49)47-39-40-48-50(45-37-38-46-50)42-34-32-30-28-26-24-22-20-18-16-14-12-10-8-6-4-2/h3-38,41-48H2,1-2H3/q+2. The maximum atomic E-state index is 3.79. The molecule has 2 saturated heterocycles. The predicted octanol–water partition coefficient (Wildman–Crippen LogP) is 14.7. The van der Waals surface area contributed by atoms with Crippen LogP contribution in [-0.4, -0.2) is 61.3 Å². The first-order valence-corrected chi connectivity index (χ1v) is 23.9. The van der Waals surface area contributed by atoms with Crippen LogP contribution in [-0.2, 0) is 0 Å². The Morgan fingerprint density at radius 3 is 0.700 bits per heavy atom. The second kappa shape index (κ2) is 33.1. The van der Waals surface area contributed by atoms with E-state index in [1.807, 2.05) is 0 Å². The molecule has 0 N–H and O–H groups in total. The molecule has 0 unspecified atom stereocenters. The molecule has 0 spiro atoms. The van der Waals surface area contributed by atoms with E-state index in [0.717, 1.165) is 13.1 Å². The van der Waals surface area contributed by atoms with Gasteiger partial charge in [-0.15, -0.1) is 0 Å². The van der Waals surface area contributed by atoms with Crippen molar-refractivity contribution in [1.29, 1.82) is 0 Å². The number of quaternary nitrogens is 2. The molecule has 0 bridgehead atoms. The van der Waals surface area contributed by atoms with Crippen LogP contribution in [0.15, 0.2) is 0 Å². The normalized spacial score (nSPS) is 16.6. The Balaban J connectivity index is 1.46. The lowest BCUT2D eigenvalue weighted by molar-refractivity contribution is -0.911. The van der Waals surface area contributed by atoms with Gasteiger partial charge in [-0.1, -0.05) is 194 Å². The highest BCUT2D eigenvalue weighted by Gasteiger charge is 2.32. The third-order valence-electron chi connectivity index (χ3n) is 13.0. The largest absolute Gasteiger partial charge is 0.313 e. The van der Waals surface area contributed by atoms with Crippen molar-refractivity contribution in [3.8, 4) is 11.8 Å². The van der Waals surface area contributed by atoms with Gasteiger partial charge in [0.25, 0.3) is 0 Å². The molecule has 0 aromatic rings. The zero-order valence-electron chi connectivity index (χ0n) is 35.0. The third kappa shape index (κ3) is 24.7. The minimum absolute atomic E-state index is 1.14. The van der Waals surface area contributed by atoms with E-state index >= 15 is 0 Å². The monoisotopic (exact) mass is 699 g/mol. The molecule has 2 heteroatoms. The molecule has 0 aromatic heterocycles. The molecule has 2 fully saturated rings. The minimum atomic E-state index is 1.14. The van der Waals surface area contributed by atoms with Gasteiger partial charge in [0.1, 0.15) is 13.1 Å². The van der Waals surface area contributed by atoms with Crippen molar-refractivity contribution in [3.05, 3.63) is 0 Å². The van der Waals surface area contributed by atoms with Crippen molar-refractivity contribution >= 4 is 0 Å². The molecule has 0 radical (unpaired) electrons. The molecule has 2 aliphatic heterocycles. The molecule has 2 rings (SSSR count). The zero-order valence-corrected chi connectivity index (χ0v) is 35.0. The summed E-state index contributed by atoms with van der Waals surface area (Å²) in [6.45, 7) is 15.3. The second-order valence-electron chi connectivity index (χ2n) is 17.7. The summed E-state index contributed by atoms with van der Waals surface area (Å²) in [6, 6.07) is 0. The lowest BCUT2D eigenvalue weighted by atomic mass is 10.0. The summed E-state index contributed by atoms with van der Waals surface area (Å²) in [5.41, 5.74) is 0. The van der Waals surface area contributed by atoms with E-state index < -0.39 is 0 Å². The van der Waals surface area contributed by atoms with E-state index in [-0.39, 0.29) is 0 Å². The van der Waals surface area contributed by atoms with Gasteiger partial charge in [0.05, 0.1) is 39.3 Å². The zero-order chi connectivity index (χ0) is 35.5. The Bertz CT molecular complexity index is 703. The molecule has 0 atom stereocenters. The van der Waals surface area contributed by atoms with E-state index in [9.17, 15) is 0 Å². The van der Waals surface area contributed by atoms with Gasteiger partial charge in [0.2, 0.25) is 0 Å². The van der Waals surface area contributed by atoms with Crippen LogP contribution >= 0.6 is 0 Å². The quantitative estimate of drug-likeness (QED) is 0.0347. The van der Waals surface area contributed by atoms with Crippen LogP contribution in [0.1, 0.15) is 245 Å². The summed E-state index contributed by atoms with van der Waals surface area (Å²) in [5.74, 6) is 7.57. The third-order valence-corrected chi connectivity index (χ3v) is 13.0. The van der Waals surface area contributed by atoms with Gasteiger partial charge >= 0.3 is 0 Å². The number of rotatable bonds is 36. The van der Waals surface area contributed by atoms with Crippen LogP contribution in [0.25, 0.3) is 0 Å². The van der Waals surface area contributed by atoms with Crippen molar-refractivity contribution < 1.29 is 8.97 Å². The molecule has 0 aromatic carbocycles. The van der Waals surface area contributed by atoms with Gasteiger partial charge in [-0.3, -0.25) is 0 Å². The Morgan fingerprint density at radius 2 is 0.480 bits per heavy atom. The molecule has 50 heavy (non-hydrogen) atoms. The first-order valence-electron chi connectivity index (χ1n) is 23.9. The Hall–Kier alpha value is -0.520. The molecule has 0 aliphatic carbocycles. The van der Waals surface area contributed by atoms with Crippen LogP contribution in [0.4, 0.5) is 0 Å². The van der Waals surface area contributed by atoms with E-state index in [0.29, 0.717) is 0 Å². The highest BCUT2D eigenvalue weighted by molar-refractivity contribution is 5.00. The summed E-state index contributed by atoms with van der Waals surface area (Å²) in [7, 11) is 0. The maximum Gasteiger partial charge on any atom is 0.141 e. The average molecular weight is 699 g/mol. The first-order chi connectivity index (χ1) is 24.7. The highest BCUT2D eigenvalue weighted by atomic mass is 15.4. The van der Waals surface area contributed by atoms with Crippen LogP contribution in [0.3, 0.4) is 0 Å². The van der Waals surface area contributed by atoms with E-state index in [1.165, 1.54) is 279 Å². The second-order valence-corrected chi connectivity index (χ2v) is 17.7.